The Morgan fingerprint density at radius 2 is 2.15 bits per heavy atom. The van der Waals surface area contributed by atoms with Gasteiger partial charge in [-0.1, -0.05) is 0 Å². The lowest BCUT2D eigenvalue weighted by Gasteiger charge is -2.13. The summed E-state index contributed by atoms with van der Waals surface area (Å²) < 4.78 is 0. The second-order valence-corrected chi connectivity index (χ2v) is 4.90. The van der Waals surface area contributed by atoms with Crippen LogP contribution in [0, 0.1) is 23.0 Å². The van der Waals surface area contributed by atoms with Crippen molar-refractivity contribution >= 4 is 17.5 Å². The standard InChI is InChI=1S/C12H19N5O3/c1-3-13-12-15-7(2)10(17(19)20)11(16-12)14-6-9(18)8-4-5-8/h8-9,18H,3-6H2,1-2H3,(H2,13,14,15,16). The molecule has 0 aliphatic heterocycles. The highest BCUT2D eigenvalue weighted by molar-refractivity contribution is 5.60. The largest absolute Gasteiger partial charge is 0.391 e. The molecule has 1 heterocycles. The molecule has 1 aliphatic carbocycles. The van der Waals surface area contributed by atoms with E-state index in [1.54, 1.807) is 6.92 Å². The van der Waals surface area contributed by atoms with Crippen LogP contribution in [0.1, 0.15) is 25.5 Å². The number of aromatic nitrogens is 2. The van der Waals surface area contributed by atoms with Crippen molar-refractivity contribution in [3.8, 4) is 0 Å². The first kappa shape index (κ1) is 14.4. The molecule has 1 fully saturated rings. The Labute approximate surface area is 116 Å². The van der Waals surface area contributed by atoms with Crippen molar-refractivity contribution in [3.05, 3.63) is 15.8 Å². The molecule has 0 bridgehead atoms. The molecule has 0 spiro atoms. The van der Waals surface area contributed by atoms with Crippen LogP contribution in [-0.4, -0.2) is 39.2 Å². The molecule has 110 valence electrons. The number of nitrogens with zero attached hydrogens (tertiary/aromatic N) is 3. The third kappa shape index (κ3) is 3.32. The molecule has 0 amide bonds. The third-order valence-corrected chi connectivity index (χ3v) is 3.22. The first-order valence-electron chi connectivity index (χ1n) is 6.71. The van der Waals surface area contributed by atoms with Gasteiger partial charge in [-0.2, -0.15) is 4.98 Å². The second kappa shape index (κ2) is 6.00. The van der Waals surface area contributed by atoms with Crippen LogP contribution in [0.5, 0.6) is 0 Å². The van der Waals surface area contributed by atoms with Crippen molar-refractivity contribution in [2.24, 2.45) is 5.92 Å². The normalized spacial score (nSPS) is 15.8. The Bertz CT molecular complexity index is 504. The smallest absolute Gasteiger partial charge is 0.332 e. The third-order valence-electron chi connectivity index (χ3n) is 3.22. The van der Waals surface area contributed by atoms with E-state index in [1.807, 2.05) is 6.92 Å². The van der Waals surface area contributed by atoms with Gasteiger partial charge in [-0.05, 0) is 32.6 Å². The number of hydrogen-bond donors (Lipinski definition) is 3. The number of rotatable bonds is 7. The van der Waals surface area contributed by atoms with Gasteiger partial charge in [0.1, 0.15) is 5.69 Å². The highest BCUT2D eigenvalue weighted by atomic mass is 16.6. The lowest BCUT2D eigenvalue weighted by molar-refractivity contribution is -0.385. The van der Waals surface area contributed by atoms with Crippen LogP contribution in [-0.2, 0) is 0 Å². The summed E-state index contributed by atoms with van der Waals surface area (Å²) in [5, 5.41) is 26.7. The summed E-state index contributed by atoms with van der Waals surface area (Å²) in [5.41, 5.74) is 0.152. The van der Waals surface area contributed by atoms with E-state index in [0.29, 0.717) is 24.1 Å². The molecule has 1 aliphatic rings. The summed E-state index contributed by atoms with van der Waals surface area (Å²) in [6, 6.07) is 0. The summed E-state index contributed by atoms with van der Waals surface area (Å²) in [7, 11) is 0. The van der Waals surface area contributed by atoms with Crippen LogP contribution < -0.4 is 10.6 Å². The van der Waals surface area contributed by atoms with E-state index in [9.17, 15) is 15.2 Å². The Hall–Kier alpha value is -1.96. The molecule has 2 rings (SSSR count). The summed E-state index contributed by atoms with van der Waals surface area (Å²) in [4.78, 5) is 18.8. The van der Waals surface area contributed by atoms with Gasteiger partial charge in [0.2, 0.25) is 11.8 Å². The van der Waals surface area contributed by atoms with Gasteiger partial charge in [0.05, 0.1) is 11.0 Å². The fraction of sp³-hybridized carbons (Fsp3) is 0.667. The minimum Gasteiger partial charge on any atom is -0.391 e. The number of anilines is 2. The highest BCUT2D eigenvalue weighted by Crippen LogP contribution is 2.33. The van der Waals surface area contributed by atoms with Gasteiger partial charge >= 0.3 is 5.69 Å². The summed E-state index contributed by atoms with van der Waals surface area (Å²) in [6.07, 6.45) is 1.53. The quantitative estimate of drug-likeness (QED) is 0.510. The number of nitro groups is 1. The first-order valence-corrected chi connectivity index (χ1v) is 6.71. The molecule has 0 saturated heterocycles. The van der Waals surface area contributed by atoms with Crippen molar-refractivity contribution in [1.29, 1.82) is 0 Å². The van der Waals surface area contributed by atoms with E-state index in [1.165, 1.54) is 0 Å². The van der Waals surface area contributed by atoms with E-state index in [0.717, 1.165) is 12.8 Å². The van der Waals surface area contributed by atoms with E-state index in [2.05, 4.69) is 20.6 Å². The van der Waals surface area contributed by atoms with Crippen LogP contribution in [0.15, 0.2) is 0 Å². The average molecular weight is 281 g/mol. The lowest BCUT2D eigenvalue weighted by atomic mass is 10.2. The second-order valence-electron chi connectivity index (χ2n) is 4.90. The molecule has 0 aromatic carbocycles. The van der Waals surface area contributed by atoms with Crippen LogP contribution >= 0.6 is 0 Å². The van der Waals surface area contributed by atoms with Crippen molar-refractivity contribution < 1.29 is 10.0 Å². The van der Waals surface area contributed by atoms with Gasteiger partial charge in [0.25, 0.3) is 0 Å². The monoisotopic (exact) mass is 281 g/mol. The average Bonchev–Trinajstić information content (AvgIpc) is 3.19. The minimum absolute atomic E-state index is 0.144. The SMILES string of the molecule is CCNc1nc(C)c([N+](=O)[O-])c(NCC(O)C2CC2)n1. The molecule has 1 saturated carbocycles. The molecule has 8 heteroatoms. The van der Waals surface area contributed by atoms with Gasteiger partial charge in [-0.15, -0.1) is 0 Å². The maximum Gasteiger partial charge on any atom is 0.332 e. The number of hydrogen-bond acceptors (Lipinski definition) is 7. The molecular weight excluding hydrogens is 262 g/mol. The zero-order valence-electron chi connectivity index (χ0n) is 11.6. The number of aryl methyl sites for hydroxylation is 1. The molecule has 1 unspecified atom stereocenters. The van der Waals surface area contributed by atoms with E-state index in [-0.39, 0.29) is 18.1 Å². The Kier molecular flexibility index (Phi) is 4.33. The van der Waals surface area contributed by atoms with Crippen molar-refractivity contribution in [2.45, 2.75) is 32.8 Å². The van der Waals surface area contributed by atoms with Crippen molar-refractivity contribution in [3.63, 3.8) is 0 Å². The number of aliphatic hydroxyl groups is 1. The number of nitrogens with one attached hydrogen (secondary N) is 2. The van der Waals surface area contributed by atoms with Gasteiger partial charge < -0.3 is 15.7 Å². The number of aliphatic hydroxyl groups excluding tert-OH is 1. The molecule has 20 heavy (non-hydrogen) atoms. The molecular formula is C12H19N5O3. The van der Waals surface area contributed by atoms with Crippen LogP contribution in [0.4, 0.5) is 17.5 Å². The molecule has 3 N–H and O–H groups in total. The minimum atomic E-state index is -0.503. The maximum atomic E-state index is 11.1. The van der Waals surface area contributed by atoms with Gasteiger partial charge in [-0.3, -0.25) is 10.1 Å². The fourth-order valence-electron chi connectivity index (χ4n) is 1.99. The highest BCUT2D eigenvalue weighted by Gasteiger charge is 2.30. The van der Waals surface area contributed by atoms with Crippen LogP contribution in [0.25, 0.3) is 0 Å². The zero-order valence-corrected chi connectivity index (χ0v) is 11.6. The summed E-state index contributed by atoms with van der Waals surface area (Å²) >= 11 is 0. The Morgan fingerprint density at radius 1 is 1.45 bits per heavy atom. The first-order chi connectivity index (χ1) is 9.52. The molecule has 1 aromatic heterocycles. The zero-order chi connectivity index (χ0) is 14.7. The van der Waals surface area contributed by atoms with E-state index < -0.39 is 11.0 Å². The summed E-state index contributed by atoms with van der Waals surface area (Å²) in [5.74, 6) is 0.801. The van der Waals surface area contributed by atoms with Crippen molar-refractivity contribution in [1.82, 2.24) is 9.97 Å². The maximum absolute atomic E-state index is 11.1. The van der Waals surface area contributed by atoms with E-state index >= 15 is 0 Å². The Balaban J connectivity index is 2.19. The topological polar surface area (TPSA) is 113 Å². The van der Waals surface area contributed by atoms with Crippen LogP contribution in [0.3, 0.4) is 0 Å². The van der Waals surface area contributed by atoms with E-state index in [4.69, 9.17) is 0 Å². The molecule has 1 atom stereocenters. The predicted octanol–water partition coefficient (Wildman–Crippen LogP) is 1.31. The predicted molar refractivity (Wildman–Crippen MR) is 74.8 cm³/mol. The molecule has 1 aromatic rings. The Morgan fingerprint density at radius 3 is 2.70 bits per heavy atom. The molecule has 8 nitrogen and oxygen atoms in total. The molecule has 0 radical (unpaired) electrons. The van der Waals surface area contributed by atoms with Crippen molar-refractivity contribution in [2.75, 3.05) is 23.7 Å². The summed E-state index contributed by atoms with van der Waals surface area (Å²) in [6.45, 7) is 4.35. The van der Waals surface area contributed by atoms with Gasteiger partial charge in [-0.25, -0.2) is 4.98 Å². The van der Waals surface area contributed by atoms with Crippen LogP contribution in [0.2, 0.25) is 0 Å². The lowest BCUT2D eigenvalue weighted by Crippen LogP contribution is -2.23. The van der Waals surface area contributed by atoms with Gasteiger partial charge in [0.15, 0.2) is 0 Å². The fourth-order valence-corrected chi connectivity index (χ4v) is 1.99. The van der Waals surface area contributed by atoms with Gasteiger partial charge in [0, 0.05) is 13.1 Å².